The Morgan fingerprint density at radius 3 is 2.24 bits per heavy atom. The Morgan fingerprint density at radius 2 is 1.71 bits per heavy atom. The van der Waals surface area contributed by atoms with Gasteiger partial charge in [0.1, 0.15) is 0 Å². The zero-order valence-corrected chi connectivity index (χ0v) is 9.80. The van der Waals surface area contributed by atoms with E-state index < -0.39 is 12.6 Å². The first-order chi connectivity index (χ1) is 7.96. The lowest BCUT2D eigenvalue weighted by atomic mass is 10.2. The molecule has 0 radical (unpaired) electrons. The third-order valence-electron chi connectivity index (χ3n) is 2.20. The summed E-state index contributed by atoms with van der Waals surface area (Å²) < 4.78 is 35.8. The fourth-order valence-electron chi connectivity index (χ4n) is 1.33. The number of hydrogen-bond acceptors (Lipinski definition) is 4. The summed E-state index contributed by atoms with van der Waals surface area (Å²) in [7, 11) is 0. The van der Waals surface area contributed by atoms with Crippen molar-refractivity contribution < 1.29 is 13.2 Å². The van der Waals surface area contributed by atoms with Crippen molar-refractivity contribution in [3.8, 4) is 0 Å². The number of aromatic nitrogens is 3. The predicted molar refractivity (Wildman–Crippen MR) is 57.7 cm³/mol. The maximum absolute atomic E-state index is 11.9. The number of nitrogens with one attached hydrogen (secondary N) is 1. The van der Waals surface area contributed by atoms with Gasteiger partial charge >= 0.3 is 6.18 Å². The van der Waals surface area contributed by atoms with E-state index in [4.69, 9.17) is 0 Å². The molecule has 0 spiro atoms. The Bertz CT molecular complexity index is 365. The molecular formula is C10H15F3N4. The van der Waals surface area contributed by atoms with Crippen molar-refractivity contribution in [2.45, 2.75) is 39.3 Å². The van der Waals surface area contributed by atoms with Gasteiger partial charge in [-0.2, -0.15) is 18.3 Å². The lowest BCUT2D eigenvalue weighted by Crippen LogP contribution is -2.17. The molecule has 1 aromatic rings. The molecule has 0 bridgehead atoms. The first kappa shape index (κ1) is 13.7. The molecule has 0 aromatic carbocycles. The zero-order valence-electron chi connectivity index (χ0n) is 9.80. The fraction of sp³-hybridized carbons (Fsp3) is 0.700. The van der Waals surface area contributed by atoms with Crippen LogP contribution in [0.1, 0.15) is 31.7 Å². The Kier molecular flexibility index (Phi) is 4.65. The van der Waals surface area contributed by atoms with Crippen LogP contribution in [-0.4, -0.2) is 27.9 Å². The van der Waals surface area contributed by atoms with Crippen LogP contribution in [0, 0.1) is 0 Å². The summed E-state index contributed by atoms with van der Waals surface area (Å²) in [5, 5.41) is 10.2. The molecule has 1 heterocycles. The van der Waals surface area contributed by atoms with Gasteiger partial charge in [0.2, 0.25) is 5.95 Å². The number of rotatable bonds is 5. The zero-order chi connectivity index (χ0) is 12.9. The number of nitrogens with zero attached hydrogens (tertiary/aromatic N) is 3. The summed E-state index contributed by atoms with van der Waals surface area (Å²) in [5.74, 6) is 0.156. The van der Waals surface area contributed by atoms with E-state index >= 15 is 0 Å². The highest BCUT2D eigenvalue weighted by Crippen LogP contribution is 2.19. The molecule has 0 fully saturated rings. The summed E-state index contributed by atoms with van der Waals surface area (Å²) in [5.41, 5.74) is 1.56. The Morgan fingerprint density at radius 1 is 1.06 bits per heavy atom. The third-order valence-corrected chi connectivity index (χ3v) is 2.20. The van der Waals surface area contributed by atoms with Crippen molar-refractivity contribution in [3.05, 3.63) is 11.4 Å². The van der Waals surface area contributed by atoms with Crippen LogP contribution in [0.5, 0.6) is 0 Å². The number of aryl methyl sites for hydroxylation is 2. The van der Waals surface area contributed by atoms with Gasteiger partial charge in [0.15, 0.2) is 0 Å². The van der Waals surface area contributed by atoms with E-state index in [1.165, 1.54) is 0 Å². The van der Waals surface area contributed by atoms with Crippen molar-refractivity contribution in [3.63, 3.8) is 0 Å². The summed E-state index contributed by atoms with van der Waals surface area (Å²) in [6.45, 7) is 3.62. The van der Waals surface area contributed by atoms with Crippen molar-refractivity contribution in [2.24, 2.45) is 0 Å². The van der Waals surface area contributed by atoms with Crippen molar-refractivity contribution in [1.29, 1.82) is 0 Å². The highest BCUT2D eigenvalue weighted by atomic mass is 19.4. The average Bonchev–Trinajstić information content (AvgIpc) is 2.27. The Hall–Kier alpha value is -1.40. The van der Waals surface area contributed by atoms with E-state index in [-0.39, 0.29) is 12.5 Å². The van der Waals surface area contributed by atoms with Gasteiger partial charge < -0.3 is 5.32 Å². The largest absolute Gasteiger partial charge is 0.390 e. The minimum atomic E-state index is -4.17. The lowest BCUT2D eigenvalue weighted by Gasteiger charge is -2.09. The smallest absolute Gasteiger partial charge is 0.353 e. The van der Waals surface area contributed by atoms with Crippen LogP contribution < -0.4 is 5.32 Å². The number of hydrogen-bond donors (Lipinski definition) is 1. The first-order valence-electron chi connectivity index (χ1n) is 5.49. The van der Waals surface area contributed by atoms with E-state index in [1.54, 1.807) is 0 Å². The molecule has 0 aliphatic carbocycles. The summed E-state index contributed by atoms with van der Waals surface area (Å²) >= 11 is 0. The second-order valence-electron chi connectivity index (χ2n) is 3.53. The second kappa shape index (κ2) is 5.79. The number of alkyl halides is 3. The topological polar surface area (TPSA) is 50.7 Å². The molecule has 0 atom stereocenters. The van der Waals surface area contributed by atoms with Crippen LogP contribution in [0.4, 0.5) is 19.1 Å². The van der Waals surface area contributed by atoms with E-state index in [1.807, 2.05) is 13.8 Å². The van der Waals surface area contributed by atoms with Gasteiger partial charge in [0.25, 0.3) is 0 Å². The van der Waals surface area contributed by atoms with Gasteiger partial charge in [-0.05, 0) is 12.8 Å². The van der Waals surface area contributed by atoms with Gasteiger partial charge in [-0.3, -0.25) is 0 Å². The molecule has 0 aliphatic heterocycles. The molecule has 17 heavy (non-hydrogen) atoms. The molecule has 0 saturated heterocycles. The van der Waals surface area contributed by atoms with Crippen LogP contribution in [0.25, 0.3) is 0 Å². The van der Waals surface area contributed by atoms with Gasteiger partial charge in [0, 0.05) is 6.54 Å². The van der Waals surface area contributed by atoms with E-state index in [0.717, 1.165) is 11.4 Å². The molecule has 1 rings (SSSR count). The highest BCUT2D eigenvalue weighted by Gasteiger charge is 2.26. The molecule has 7 heteroatoms. The molecule has 96 valence electrons. The predicted octanol–water partition coefficient (Wildman–Crippen LogP) is 2.36. The minimum absolute atomic E-state index is 0.156. The van der Waals surface area contributed by atoms with Crippen molar-refractivity contribution in [2.75, 3.05) is 11.9 Å². The Labute approximate surface area is 97.7 Å². The lowest BCUT2D eigenvalue weighted by molar-refractivity contribution is -0.131. The average molecular weight is 248 g/mol. The fourth-order valence-corrected chi connectivity index (χ4v) is 1.33. The minimum Gasteiger partial charge on any atom is -0.353 e. The molecule has 0 saturated carbocycles. The van der Waals surface area contributed by atoms with Crippen LogP contribution in [0.2, 0.25) is 0 Å². The van der Waals surface area contributed by atoms with E-state index in [2.05, 4.69) is 20.5 Å². The van der Waals surface area contributed by atoms with Crippen molar-refractivity contribution >= 4 is 5.95 Å². The second-order valence-corrected chi connectivity index (χ2v) is 3.53. The van der Waals surface area contributed by atoms with Crippen LogP contribution in [0.3, 0.4) is 0 Å². The van der Waals surface area contributed by atoms with Crippen molar-refractivity contribution in [1.82, 2.24) is 15.2 Å². The maximum atomic E-state index is 11.9. The molecular weight excluding hydrogens is 233 g/mol. The number of halogens is 3. The summed E-state index contributed by atoms with van der Waals surface area (Å²) in [4.78, 5) is 4.13. The highest BCUT2D eigenvalue weighted by molar-refractivity contribution is 5.25. The molecule has 0 amide bonds. The molecule has 1 aromatic heterocycles. The van der Waals surface area contributed by atoms with Gasteiger partial charge in [-0.1, -0.05) is 13.8 Å². The van der Waals surface area contributed by atoms with Crippen LogP contribution in [0.15, 0.2) is 0 Å². The third kappa shape index (κ3) is 4.54. The van der Waals surface area contributed by atoms with Gasteiger partial charge in [0.05, 0.1) is 17.8 Å². The summed E-state index contributed by atoms with van der Waals surface area (Å²) in [6.07, 6.45) is -3.68. The summed E-state index contributed by atoms with van der Waals surface area (Å²) in [6, 6.07) is 0. The maximum Gasteiger partial charge on any atom is 0.390 e. The molecule has 4 nitrogen and oxygen atoms in total. The quantitative estimate of drug-likeness (QED) is 0.869. The first-order valence-corrected chi connectivity index (χ1v) is 5.49. The van der Waals surface area contributed by atoms with Gasteiger partial charge in [-0.25, -0.2) is 4.98 Å². The van der Waals surface area contributed by atoms with Crippen LogP contribution >= 0.6 is 0 Å². The van der Waals surface area contributed by atoms with Crippen LogP contribution in [-0.2, 0) is 12.8 Å². The monoisotopic (exact) mass is 248 g/mol. The molecule has 1 N–H and O–H groups in total. The molecule has 0 aliphatic rings. The van der Waals surface area contributed by atoms with E-state index in [0.29, 0.717) is 12.8 Å². The number of anilines is 1. The SMILES string of the molecule is CCc1nnc(NCCC(F)(F)F)nc1CC. The Balaban J connectivity index is 2.60. The molecule has 0 unspecified atom stereocenters. The van der Waals surface area contributed by atoms with Gasteiger partial charge in [-0.15, -0.1) is 5.10 Å². The standard InChI is InChI=1S/C10H15F3N4/c1-3-7-8(4-2)16-17-9(15-7)14-6-5-10(11,12)13/h3-6H2,1-2H3,(H,14,15,17). The normalized spacial score (nSPS) is 11.6. The van der Waals surface area contributed by atoms with E-state index in [9.17, 15) is 13.2 Å².